The van der Waals surface area contributed by atoms with Crippen LogP contribution in [-0.2, 0) is 15.7 Å². The molecule has 0 N–H and O–H groups in total. The first-order valence-corrected chi connectivity index (χ1v) is 4.24. The molecule has 0 fully saturated rings. The fourth-order valence-corrected chi connectivity index (χ4v) is 1.47. The molecule has 9 heavy (non-hydrogen) atoms. The van der Waals surface area contributed by atoms with Gasteiger partial charge in [-0.25, -0.2) is 0 Å². The van der Waals surface area contributed by atoms with Gasteiger partial charge in [-0.3, -0.25) is 0 Å². The Morgan fingerprint density at radius 2 is 1.89 bits per heavy atom. The Labute approximate surface area is 65.3 Å². The Balaban J connectivity index is 2.32. The summed E-state index contributed by atoms with van der Waals surface area (Å²) in [4.78, 5) is 0. The molecule has 0 amide bonds. The molecule has 0 radical (unpaired) electrons. The monoisotopic (exact) mass is 168 g/mol. The van der Waals surface area contributed by atoms with Gasteiger partial charge in [0, 0.05) is 0 Å². The zero-order valence-electron chi connectivity index (χ0n) is 5.65. The predicted octanol–water partition coefficient (Wildman–Crippen LogP) is 2.77. The Kier molecular flexibility index (Phi) is 3.37. The summed E-state index contributed by atoms with van der Waals surface area (Å²) in [5, 5.41) is 0. The number of hydrogen-bond acceptors (Lipinski definition) is 0. The van der Waals surface area contributed by atoms with Crippen molar-refractivity contribution in [3.05, 3.63) is 10.6 Å². The third kappa shape index (κ3) is 3.06. The second-order valence-corrected chi connectivity index (χ2v) is 3.24. The second-order valence-electron chi connectivity index (χ2n) is 2.58. The van der Waals surface area contributed by atoms with E-state index in [1.807, 2.05) is 0 Å². The van der Waals surface area contributed by atoms with Crippen LogP contribution in [0.3, 0.4) is 0 Å². The van der Waals surface area contributed by atoms with Gasteiger partial charge in [-0.1, -0.05) is 0 Å². The van der Waals surface area contributed by atoms with E-state index < -0.39 is 0 Å². The SMILES string of the molecule is [Co]/[C]1=C/CCCCCC1. The summed E-state index contributed by atoms with van der Waals surface area (Å²) in [6, 6.07) is 0. The Morgan fingerprint density at radius 1 is 1.11 bits per heavy atom. The van der Waals surface area contributed by atoms with E-state index in [1.54, 1.807) is 0 Å². The Morgan fingerprint density at radius 3 is 2.78 bits per heavy atom. The number of allylic oxidation sites excluding steroid dienone is 2. The summed E-state index contributed by atoms with van der Waals surface area (Å²) >= 11 is 4.39. The van der Waals surface area contributed by atoms with Gasteiger partial charge in [0.2, 0.25) is 0 Å². The first kappa shape index (κ1) is 7.35. The topological polar surface area (TPSA) is 0 Å². The van der Waals surface area contributed by atoms with Crippen molar-refractivity contribution in [3.63, 3.8) is 0 Å². The van der Waals surface area contributed by atoms with Crippen molar-refractivity contribution in [1.29, 1.82) is 0 Å². The Bertz CT molecular complexity index is 105. The molecule has 0 nitrogen and oxygen atoms in total. The van der Waals surface area contributed by atoms with Crippen molar-refractivity contribution in [2.24, 2.45) is 0 Å². The summed E-state index contributed by atoms with van der Waals surface area (Å²) in [6.45, 7) is 0. The standard InChI is InChI=1S/C8H13.Co/c1-2-4-6-8-7-5-3-1;/h1H,2,4-8H2;. The molecule has 0 aromatic heterocycles. The maximum atomic E-state index is 4.39. The van der Waals surface area contributed by atoms with Crippen LogP contribution in [0.5, 0.6) is 0 Å². The third-order valence-corrected chi connectivity index (χ3v) is 2.19. The normalized spacial score (nSPS) is 28.0. The fraction of sp³-hybridized carbons (Fsp3) is 0.750. The van der Waals surface area contributed by atoms with Gasteiger partial charge in [-0.05, 0) is 0 Å². The molecule has 0 heterocycles. The average Bonchev–Trinajstić information content (AvgIpc) is 1.79. The van der Waals surface area contributed by atoms with Crippen molar-refractivity contribution < 1.29 is 15.7 Å². The minimum absolute atomic E-state index is 1.21. The quantitative estimate of drug-likeness (QED) is 0.521. The summed E-state index contributed by atoms with van der Waals surface area (Å²) in [6.07, 6.45) is 10.2. The van der Waals surface area contributed by atoms with Crippen LogP contribution in [0.15, 0.2) is 10.6 Å². The van der Waals surface area contributed by atoms with Crippen LogP contribution in [0.2, 0.25) is 0 Å². The van der Waals surface area contributed by atoms with E-state index >= 15 is 0 Å². The van der Waals surface area contributed by atoms with E-state index in [0.29, 0.717) is 0 Å². The van der Waals surface area contributed by atoms with Crippen LogP contribution in [0.1, 0.15) is 38.5 Å². The maximum absolute atomic E-state index is 4.39. The van der Waals surface area contributed by atoms with Gasteiger partial charge in [0.25, 0.3) is 0 Å². The predicted molar refractivity (Wildman–Crippen MR) is 35.8 cm³/mol. The molecule has 0 aromatic rings. The van der Waals surface area contributed by atoms with E-state index in [2.05, 4.69) is 21.8 Å². The minimum atomic E-state index is 1.21. The number of rotatable bonds is 0. The van der Waals surface area contributed by atoms with E-state index in [4.69, 9.17) is 0 Å². The van der Waals surface area contributed by atoms with Crippen LogP contribution in [0.25, 0.3) is 0 Å². The molecule has 0 aliphatic heterocycles. The molecule has 1 aliphatic rings. The first-order valence-electron chi connectivity index (χ1n) is 3.72. The zero-order chi connectivity index (χ0) is 6.53. The molecule has 0 aromatic carbocycles. The van der Waals surface area contributed by atoms with Gasteiger partial charge in [-0.15, -0.1) is 0 Å². The molecule has 1 rings (SSSR count). The summed E-state index contributed by atoms with van der Waals surface area (Å²) in [7, 11) is 0. The molecule has 0 saturated carbocycles. The second kappa shape index (κ2) is 4.12. The van der Waals surface area contributed by atoms with Crippen molar-refractivity contribution in [3.8, 4) is 0 Å². The van der Waals surface area contributed by atoms with E-state index in [-0.39, 0.29) is 0 Å². The van der Waals surface area contributed by atoms with Crippen LogP contribution >= 0.6 is 0 Å². The first-order chi connectivity index (χ1) is 4.39. The van der Waals surface area contributed by atoms with Crippen LogP contribution in [0.4, 0.5) is 0 Å². The molecule has 0 bridgehead atoms. The molecule has 54 valence electrons. The van der Waals surface area contributed by atoms with Gasteiger partial charge in [0.05, 0.1) is 0 Å². The van der Waals surface area contributed by atoms with Crippen molar-refractivity contribution >= 4 is 0 Å². The molecule has 1 aliphatic carbocycles. The van der Waals surface area contributed by atoms with Crippen LogP contribution in [-0.4, -0.2) is 0 Å². The molecule has 0 saturated heterocycles. The van der Waals surface area contributed by atoms with E-state index in [0.717, 1.165) is 0 Å². The molecule has 1 heteroatoms. The summed E-state index contributed by atoms with van der Waals surface area (Å²) in [5.74, 6) is 0. The average molecular weight is 168 g/mol. The van der Waals surface area contributed by atoms with E-state index in [9.17, 15) is 0 Å². The molecular formula is C8H13Co. The fourth-order valence-electron chi connectivity index (χ4n) is 1.14. The molecular weight excluding hydrogens is 155 g/mol. The van der Waals surface area contributed by atoms with Crippen LogP contribution < -0.4 is 0 Å². The zero-order valence-corrected chi connectivity index (χ0v) is 6.69. The number of hydrogen-bond donors (Lipinski definition) is 0. The van der Waals surface area contributed by atoms with E-state index in [1.165, 1.54) is 43.0 Å². The van der Waals surface area contributed by atoms with Crippen LogP contribution in [0, 0.1) is 0 Å². The van der Waals surface area contributed by atoms with Gasteiger partial charge in [-0.2, -0.15) is 0 Å². The van der Waals surface area contributed by atoms with Gasteiger partial charge < -0.3 is 0 Å². The van der Waals surface area contributed by atoms with Gasteiger partial charge >= 0.3 is 64.8 Å². The Hall–Kier alpha value is 0.246. The summed E-state index contributed by atoms with van der Waals surface area (Å²) < 4.78 is 1.29. The van der Waals surface area contributed by atoms with Gasteiger partial charge in [0.1, 0.15) is 0 Å². The van der Waals surface area contributed by atoms with Crippen molar-refractivity contribution in [2.75, 3.05) is 0 Å². The van der Waals surface area contributed by atoms with Crippen molar-refractivity contribution in [2.45, 2.75) is 38.5 Å². The molecule has 0 unspecified atom stereocenters. The summed E-state index contributed by atoms with van der Waals surface area (Å²) in [5.41, 5.74) is 0. The van der Waals surface area contributed by atoms with Gasteiger partial charge in [0.15, 0.2) is 0 Å². The molecule has 0 atom stereocenters. The third-order valence-electron chi connectivity index (χ3n) is 1.72. The van der Waals surface area contributed by atoms with Crippen molar-refractivity contribution in [1.82, 2.24) is 0 Å². The molecule has 0 spiro atoms.